The average molecular weight is 380 g/mol. The van der Waals surface area contributed by atoms with E-state index < -0.39 is 0 Å². The third kappa shape index (κ3) is 6.22. The van der Waals surface area contributed by atoms with Gasteiger partial charge in [0.1, 0.15) is 12.9 Å². The fraction of sp³-hybridized carbons (Fsp3) is 0.750. The Morgan fingerprint density at radius 3 is 2.58 bits per heavy atom. The molecule has 0 aliphatic carbocycles. The van der Waals surface area contributed by atoms with Crippen LogP contribution in [0.5, 0.6) is 0 Å². The normalized spacial score (nSPS) is 13.1. The molecule has 0 amide bonds. The van der Waals surface area contributed by atoms with E-state index in [0.717, 1.165) is 18.3 Å². The minimum Gasteiger partial charge on any atom is -0.357 e. The molecule has 1 rings (SSSR count). The molecule has 0 saturated carbocycles. The number of guanidine groups is 1. The Kier molecular flexibility index (Phi) is 8.70. The second-order valence-corrected chi connectivity index (χ2v) is 4.73. The van der Waals surface area contributed by atoms with Crippen LogP contribution in [0.1, 0.15) is 33.5 Å². The summed E-state index contributed by atoms with van der Waals surface area (Å²) in [5, 5.41) is 14.5. The van der Waals surface area contributed by atoms with Crippen LogP contribution in [-0.2, 0) is 13.6 Å². The maximum Gasteiger partial charge on any atom is 0.191 e. The molecule has 0 aliphatic rings. The maximum absolute atomic E-state index is 4.51. The SMILES string of the molecule is CCNC(=NCc1nncn1C)NC(C)C(C)C.I. The number of rotatable bonds is 5. The van der Waals surface area contributed by atoms with Crippen molar-refractivity contribution >= 4 is 29.9 Å². The Labute approximate surface area is 132 Å². The first-order chi connectivity index (χ1) is 8.54. The van der Waals surface area contributed by atoms with Gasteiger partial charge < -0.3 is 15.2 Å². The lowest BCUT2D eigenvalue weighted by molar-refractivity contribution is 0.480. The standard InChI is InChI=1S/C12H24N6.HI/c1-6-13-12(16-10(4)9(2)3)14-7-11-17-15-8-18(11)5;/h8-10H,6-7H2,1-5H3,(H2,13,14,16);1H. The van der Waals surface area contributed by atoms with E-state index in [1.807, 2.05) is 11.6 Å². The van der Waals surface area contributed by atoms with Gasteiger partial charge in [-0.3, -0.25) is 0 Å². The molecule has 19 heavy (non-hydrogen) atoms. The lowest BCUT2D eigenvalue weighted by atomic mass is 10.1. The summed E-state index contributed by atoms with van der Waals surface area (Å²) in [4.78, 5) is 4.51. The van der Waals surface area contributed by atoms with E-state index in [1.165, 1.54) is 0 Å². The highest BCUT2D eigenvalue weighted by molar-refractivity contribution is 14.0. The van der Waals surface area contributed by atoms with Crippen LogP contribution in [0.3, 0.4) is 0 Å². The largest absolute Gasteiger partial charge is 0.357 e. The minimum absolute atomic E-state index is 0. The summed E-state index contributed by atoms with van der Waals surface area (Å²) in [5.74, 6) is 2.23. The molecule has 1 atom stereocenters. The van der Waals surface area contributed by atoms with E-state index in [2.05, 4.69) is 53.5 Å². The van der Waals surface area contributed by atoms with E-state index in [4.69, 9.17) is 0 Å². The minimum atomic E-state index is 0. The van der Waals surface area contributed by atoms with Gasteiger partial charge >= 0.3 is 0 Å². The molecule has 6 nitrogen and oxygen atoms in total. The van der Waals surface area contributed by atoms with Gasteiger partial charge in [0.05, 0.1) is 0 Å². The van der Waals surface area contributed by atoms with E-state index in [1.54, 1.807) is 6.33 Å². The summed E-state index contributed by atoms with van der Waals surface area (Å²) < 4.78 is 1.87. The topological polar surface area (TPSA) is 67.1 Å². The van der Waals surface area contributed by atoms with Crippen LogP contribution < -0.4 is 10.6 Å². The lowest BCUT2D eigenvalue weighted by Crippen LogP contribution is -2.44. The van der Waals surface area contributed by atoms with Gasteiger partial charge in [-0.25, -0.2) is 4.99 Å². The molecule has 0 spiro atoms. The summed E-state index contributed by atoms with van der Waals surface area (Å²) in [7, 11) is 1.92. The van der Waals surface area contributed by atoms with Crippen LogP contribution in [0.4, 0.5) is 0 Å². The predicted octanol–water partition coefficient (Wildman–Crippen LogP) is 1.53. The van der Waals surface area contributed by atoms with Crippen molar-refractivity contribution in [3.05, 3.63) is 12.2 Å². The molecule has 0 bridgehead atoms. The van der Waals surface area contributed by atoms with E-state index in [0.29, 0.717) is 18.5 Å². The Bertz CT molecular complexity index is 387. The van der Waals surface area contributed by atoms with E-state index in [9.17, 15) is 0 Å². The molecule has 1 aromatic rings. The van der Waals surface area contributed by atoms with Crippen molar-refractivity contribution in [2.24, 2.45) is 18.0 Å². The number of nitrogens with zero attached hydrogens (tertiary/aromatic N) is 4. The van der Waals surface area contributed by atoms with Crippen molar-refractivity contribution < 1.29 is 0 Å². The van der Waals surface area contributed by atoms with Crippen LogP contribution in [-0.4, -0.2) is 33.3 Å². The molecule has 1 aromatic heterocycles. The van der Waals surface area contributed by atoms with Gasteiger partial charge in [0.25, 0.3) is 0 Å². The van der Waals surface area contributed by atoms with Gasteiger partial charge in [-0.1, -0.05) is 13.8 Å². The summed E-state index contributed by atoms with van der Waals surface area (Å²) in [6.45, 7) is 9.94. The number of halogens is 1. The third-order valence-corrected chi connectivity index (χ3v) is 2.89. The zero-order valence-electron chi connectivity index (χ0n) is 12.3. The first kappa shape index (κ1) is 18.1. The summed E-state index contributed by atoms with van der Waals surface area (Å²) in [6, 6.07) is 0.377. The molecule has 0 aliphatic heterocycles. The van der Waals surface area contributed by atoms with Gasteiger partial charge in [0, 0.05) is 19.6 Å². The molecule has 110 valence electrons. The average Bonchev–Trinajstić information content (AvgIpc) is 2.72. The molecule has 0 saturated heterocycles. The fourth-order valence-electron chi connectivity index (χ4n) is 1.30. The summed E-state index contributed by atoms with van der Waals surface area (Å²) >= 11 is 0. The highest BCUT2D eigenvalue weighted by atomic mass is 127. The Hall–Kier alpha value is -0.860. The van der Waals surface area contributed by atoms with Crippen molar-refractivity contribution in [1.29, 1.82) is 0 Å². The van der Waals surface area contributed by atoms with Crippen LogP contribution in [0.15, 0.2) is 11.3 Å². The summed E-state index contributed by atoms with van der Waals surface area (Å²) in [6.07, 6.45) is 1.68. The second kappa shape index (κ2) is 9.11. The van der Waals surface area contributed by atoms with Gasteiger partial charge in [0.15, 0.2) is 11.8 Å². The molecule has 1 heterocycles. The smallest absolute Gasteiger partial charge is 0.191 e. The Balaban J connectivity index is 0.00000324. The van der Waals surface area contributed by atoms with Crippen molar-refractivity contribution in [2.45, 2.75) is 40.3 Å². The van der Waals surface area contributed by atoms with Crippen LogP contribution in [0.2, 0.25) is 0 Å². The van der Waals surface area contributed by atoms with Crippen LogP contribution in [0, 0.1) is 5.92 Å². The Morgan fingerprint density at radius 2 is 2.11 bits per heavy atom. The molecule has 1 unspecified atom stereocenters. The maximum atomic E-state index is 4.51. The Morgan fingerprint density at radius 1 is 1.42 bits per heavy atom. The number of hydrogen-bond acceptors (Lipinski definition) is 3. The third-order valence-electron chi connectivity index (χ3n) is 2.89. The van der Waals surface area contributed by atoms with Gasteiger partial charge in [-0.2, -0.15) is 0 Å². The highest BCUT2D eigenvalue weighted by Crippen LogP contribution is 2.00. The molecular formula is C12H25IN6. The number of aryl methyl sites for hydroxylation is 1. The van der Waals surface area contributed by atoms with E-state index >= 15 is 0 Å². The van der Waals surface area contributed by atoms with Crippen LogP contribution >= 0.6 is 24.0 Å². The number of hydrogen-bond donors (Lipinski definition) is 2. The number of aliphatic imine (C=N–C) groups is 1. The molecule has 7 heteroatoms. The zero-order chi connectivity index (χ0) is 13.5. The molecule has 0 fully saturated rings. The molecular weight excluding hydrogens is 355 g/mol. The van der Waals surface area contributed by atoms with E-state index in [-0.39, 0.29) is 24.0 Å². The van der Waals surface area contributed by atoms with Gasteiger partial charge in [0.2, 0.25) is 0 Å². The van der Waals surface area contributed by atoms with Crippen molar-refractivity contribution in [2.75, 3.05) is 6.54 Å². The quantitative estimate of drug-likeness (QED) is 0.462. The number of aromatic nitrogens is 3. The van der Waals surface area contributed by atoms with Crippen molar-refractivity contribution in [3.63, 3.8) is 0 Å². The zero-order valence-corrected chi connectivity index (χ0v) is 14.7. The molecule has 2 N–H and O–H groups in total. The fourth-order valence-corrected chi connectivity index (χ4v) is 1.30. The summed E-state index contributed by atoms with van der Waals surface area (Å²) in [5.41, 5.74) is 0. The molecule has 0 aromatic carbocycles. The highest BCUT2D eigenvalue weighted by Gasteiger charge is 2.09. The van der Waals surface area contributed by atoms with Gasteiger partial charge in [-0.15, -0.1) is 34.2 Å². The van der Waals surface area contributed by atoms with Crippen molar-refractivity contribution in [1.82, 2.24) is 25.4 Å². The first-order valence-electron chi connectivity index (χ1n) is 6.42. The lowest BCUT2D eigenvalue weighted by Gasteiger charge is -2.20. The van der Waals surface area contributed by atoms with Gasteiger partial charge in [-0.05, 0) is 19.8 Å². The monoisotopic (exact) mass is 380 g/mol. The first-order valence-corrected chi connectivity index (χ1v) is 6.42. The second-order valence-electron chi connectivity index (χ2n) is 4.73. The predicted molar refractivity (Wildman–Crippen MR) is 88.7 cm³/mol. The molecule has 0 radical (unpaired) electrons. The van der Waals surface area contributed by atoms with Crippen molar-refractivity contribution in [3.8, 4) is 0 Å². The van der Waals surface area contributed by atoms with Crippen LogP contribution in [0.25, 0.3) is 0 Å². The number of nitrogens with one attached hydrogen (secondary N) is 2.